The first kappa shape index (κ1) is 8.23. The molecule has 0 aromatic rings. The molecule has 2 saturated carbocycles. The van der Waals surface area contributed by atoms with Crippen molar-refractivity contribution in [1.82, 2.24) is 0 Å². The standard InChI is InChI=1S/C8H9BrO3/c9-5-1-4-6(10)2-3(5)7(4)8(11)12/h3-5,7H,1-2H2,(H,11,12)/t3-,4+,5+,7+/m0/s1. The molecule has 2 aliphatic carbocycles. The summed E-state index contributed by atoms with van der Waals surface area (Å²) in [5.41, 5.74) is 0. The minimum absolute atomic E-state index is 0.0417. The predicted molar refractivity (Wildman–Crippen MR) is 45.1 cm³/mol. The predicted octanol–water partition coefficient (Wildman–Crippen LogP) is 1.06. The molecule has 12 heavy (non-hydrogen) atoms. The van der Waals surface area contributed by atoms with Crippen LogP contribution in [0.5, 0.6) is 0 Å². The Balaban J connectivity index is 2.28. The topological polar surface area (TPSA) is 54.4 Å². The summed E-state index contributed by atoms with van der Waals surface area (Å²) in [4.78, 5) is 22.2. The fourth-order valence-corrected chi connectivity index (χ4v) is 3.33. The van der Waals surface area contributed by atoms with Crippen molar-refractivity contribution < 1.29 is 14.7 Å². The molecule has 4 heteroatoms. The summed E-state index contributed by atoms with van der Waals surface area (Å²) in [5.74, 6) is -1.25. The van der Waals surface area contributed by atoms with E-state index in [-0.39, 0.29) is 22.4 Å². The summed E-state index contributed by atoms with van der Waals surface area (Å²) >= 11 is 3.42. The smallest absolute Gasteiger partial charge is 0.307 e. The number of fused-ring (bicyclic) bond motifs is 2. The van der Waals surface area contributed by atoms with Crippen LogP contribution in [0.4, 0.5) is 0 Å². The van der Waals surface area contributed by atoms with Crippen LogP contribution in [-0.4, -0.2) is 21.7 Å². The molecule has 0 aromatic carbocycles. The Kier molecular flexibility index (Phi) is 1.75. The van der Waals surface area contributed by atoms with Gasteiger partial charge in [0.1, 0.15) is 5.78 Å². The molecule has 2 aliphatic rings. The average Bonchev–Trinajstić information content (AvgIpc) is 2.41. The normalized spacial score (nSPS) is 45.2. The fourth-order valence-electron chi connectivity index (χ4n) is 2.41. The van der Waals surface area contributed by atoms with Crippen LogP contribution in [0.2, 0.25) is 0 Å². The van der Waals surface area contributed by atoms with Gasteiger partial charge in [0, 0.05) is 17.2 Å². The molecule has 0 spiro atoms. The highest BCUT2D eigenvalue weighted by Crippen LogP contribution is 2.50. The second-order valence-corrected chi connectivity index (χ2v) is 4.73. The molecule has 0 saturated heterocycles. The number of ketones is 1. The molecule has 2 bridgehead atoms. The van der Waals surface area contributed by atoms with Crippen molar-refractivity contribution in [3.63, 3.8) is 0 Å². The van der Waals surface area contributed by atoms with Crippen LogP contribution < -0.4 is 0 Å². The molecule has 0 heterocycles. The van der Waals surface area contributed by atoms with Crippen molar-refractivity contribution in [1.29, 1.82) is 0 Å². The van der Waals surface area contributed by atoms with Crippen LogP contribution in [0.3, 0.4) is 0 Å². The maximum Gasteiger partial charge on any atom is 0.307 e. The Morgan fingerprint density at radius 2 is 2.25 bits per heavy atom. The number of Topliss-reactive ketones (excluding diaryl/α,β-unsaturated/α-hetero) is 1. The van der Waals surface area contributed by atoms with Crippen molar-refractivity contribution >= 4 is 27.7 Å². The maximum absolute atomic E-state index is 11.2. The van der Waals surface area contributed by atoms with Crippen molar-refractivity contribution in [3.05, 3.63) is 0 Å². The number of carboxylic acids is 1. The SMILES string of the molecule is O=C(O)[C@@H]1[C@H]2CC(=O)[C@H]1C[C@H]2Br. The Labute approximate surface area is 78.3 Å². The molecule has 0 unspecified atom stereocenters. The van der Waals surface area contributed by atoms with Crippen LogP contribution in [0.15, 0.2) is 0 Å². The zero-order chi connectivity index (χ0) is 8.88. The van der Waals surface area contributed by atoms with Gasteiger partial charge in [0.15, 0.2) is 0 Å². The van der Waals surface area contributed by atoms with Crippen molar-refractivity contribution in [2.45, 2.75) is 17.7 Å². The number of carboxylic acid groups (broad SMARTS) is 1. The van der Waals surface area contributed by atoms with Crippen LogP contribution in [0, 0.1) is 17.8 Å². The summed E-state index contributed by atoms with van der Waals surface area (Å²) in [6.07, 6.45) is 1.16. The van der Waals surface area contributed by atoms with Crippen LogP contribution in [0.1, 0.15) is 12.8 Å². The lowest BCUT2D eigenvalue weighted by Crippen LogP contribution is -2.20. The van der Waals surface area contributed by atoms with E-state index in [0.717, 1.165) is 0 Å². The maximum atomic E-state index is 11.2. The van der Waals surface area contributed by atoms with E-state index < -0.39 is 11.9 Å². The first-order valence-corrected chi connectivity index (χ1v) is 4.92. The second-order valence-electron chi connectivity index (χ2n) is 3.56. The molecule has 0 aromatic heterocycles. The molecule has 1 N–H and O–H groups in total. The van der Waals surface area contributed by atoms with E-state index in [1.54, 1.807) is 0 Å². The largest absolute Gasteiger partial charge is 0.481 e. The van der Waals surface area contributed by atoms with Crippen LogP contribution >= 0.6 is 15.9 Å². The number of hydrogen-bond acceptors (Lipinski definition) is 2. The van der Waals surface area contributed by atoms with Gasteiger partial charge in [-0.15, -0.1) is 0 Å². The third-order valence-electron chi connectivity index (χ3n) is 2.97. The number of carbonyl (C=O) groups is 2. The van der Waals surface area contributed by atoms with Gasteiger partial charge in [-0.1, -0.05) is 15.9 Å². The van der Waals surface area contributed by atoms with Gasteiger partial charge in [0.05, 0.1) is 5.92 Å². The molecular formula is C8H9BrO3. The van der Waals surface area contributed by atoms with E-state index in [0.29, 0.717) is 12.8 Å². The van der Waals surface area contributed by atoms with Crippen molar-refractivity contribution in [3.8, 4) is 0 Å². The summed E-state index contributed by atoms with van der Waals surface area (Å²) in [5, 5.41) is 8.86. The Hall–Kier alpha value is -0.380. The number of aliphatic carboxylic acids is 1. The van der Waals surface area contributed by atoms with E-state index in [4.69, 9.17) is 5.11 Å². The van der Waals surface area contributed by atoms with E-state index in [1.807, 2.05) is 0 Å². The third-order valence-corrected chi connectivity index (χ3v) is 4.03. The summed E-state index contributed by atoms with van der Waals surface area (Å²) < 4.78 is 0. The summed E-state index contributed by atoms with van der Waals surface area (Å²) in [6.45, 7) is 0. The Morgan fingerprint density at radius 1 is 1.58 bits per heavy atom. The van der Waals surface area contributed by atoms with Gasteiger partial charge in [-0.05, 0) is 12.3 Å². The first-order chi connectivity index (χ1) is 5.61. The van der Waals surface area contributed by atoms with E-state index in [9.17, 15) is 9.59 Å². The van der Waals surface area contributed by atoms with Gasteiger partial charge in [0.25, 0.3) is 0 Å². The van der Waals surface area contributed by atoms with Crippen LogP contribution in [0.25, 0.3) is 0 Å². The van der Waals surface area contributed by atoms with Gasteiger partial charge < -0.3 is 5.11 Å². The number of carbonyl (C=O) groups excluding carboxylic acids is 1. The fraction of sp³-hybridized carbons (Fsp3) is 0.750. The van der Waals surface area contributed by atoms with E-state index >= 15 is 0 Å². The summed E-state index contributed by atoms with van der Waals surface area (Å²) in [6, 6.07) is 0. The van der Waals surface area contributed by atoms with E-state index in [1.165, 1.54) is 0 Å². The van der Waals surface area contributed by atoms with Crippen LogP contribution in [-0.2, 0) is 9.59 Å². The van der Waals surface area contributed by atoms with Crippen molar-refractivity contribution in [2.75, 3.05) is 0 Å². The second kappa shape index (κ2) is 2.55. The third kappa shape index (κ3) is 0.937. The number of hydrogen-bond donors (Lipinski definition) is 1. The Bertz CT molecular complexity index is 251. The Morgan fingerprint density at radius 3 is 2.58 bits per heavy atom. The van der Waals surface area contributed by atoms with Crippen molar-refractivity contribution in [2.24, 2.45) is 17.8 Å². The van der Waals surface area contributed by atoms with E-state index in [2.05, 4.69) is 15.9 Å². The van der Waals surface area contributed by atoms with Gasteiger partial charge in [-0.25, -0.2) is 0 Å². The molecule has 2 fully saturated rings. The molecule has 0 radical (unpaired) electrons. The number of alkyl halides is 1. The molecule has 0 aliphatic heterocycles. The highest BCUT2D eigenvalue weighted by Gasteiger charge is 2.55. The molecule has 0 amide bonds. The molecule has 2 rings (SSSR count). The first-order valence-electron chi connectivity index (χ1n) is 4.01. The zero-order valence-corrected chi connectivity index (χ0v) is 7.95. The molecule has 3 nitrogen and oxygen atoms in total. The monoisotopic (exact) mass is 232 g/mol. The summed E-state index contributed by atoms with van der Waals surface area (Å²) in [7, 11) is 0. The quantitative estimate of drug-likeness (QED) is 0.689. The minimum atomic E-state index is -0.808. The van der Waals surface area contributed by atoms with Gasteiger partial charge >= 0.3 is 5.97 Å². The lowest BCUT2D eigenvalue weighted by Gasteiger charge is -2.13. The number of halogens is 1. The molecule has 66 valence electrons. The van der Waals surface area contributed by atoms with Gasteiger partial charge in [-0.3, -0.25) is 9.59 Å². The lowest BCUT2D eigenvalue weighted by molar-refractivity contribution is -0.144. The molecular weight excluding hydrogens is 224 g/mol. The highest BCUT2D eigenvalue weighted by atomic mass is 79.9. The highest BCUT2D eigenvalue weighted by molar-refractivity contribution is 9.09. The average molecular weight is 233 g/mol. The van der Waals surface area contributed by atoms with Gasteiger partial charge in [-0.2, -0.15) is 0 Å². The zero-order valence-electron chi connectivity index (χ0n) is 6.37. The lowest BCUT2D eigenvalue weighted by atomic mass is 9.98. The minimum Gasteiger partial charge on any atom is -0.481 e. The number of rotatable bonds is 1. The molecule has 4 atom stereocenters. The van der Waals surface area contributed by atoms with Gasteiger partial charge in [0.2, 0.25) is 0 Å².